The fraction of sp³-hybridized carbons (Fsp3) is 0.250. The highest BCUT2D eigenvalue weighted by Crippen LogP contribution is 2.39. The molecular weight excluding hydrogens is 309 g/mol. The normalized spacial score (nSPS) is 17.2. The monoisotopic (exact) mass is 322 g/mol. The van der Waals surface area contributed by atoms with E-state index in [-0.39, 0.29) is 17.9 Å². The van der Waals surface area contributed by atoms with Crippen LogP contribution in [0.4, 0.5) is 24.7 Å². The van der Waals surface area contributed by atoms with E-state index in [9.17, 15) is 23.1 Å². The van der Waals surface area contributed by atoms with Crippen LogP contribution in [0.2, 0.25) is 0 Å². The highest BCUT2D eigenvalue weighted by Gasteiger charge is 2.38. The highest BCUT2D eigenvalue weighted by molar-refractivity contribution is 5.86. The molecule has 120 valence electrons. The summed E-state index contributed by atoms with van der Waals surface area (Å²) in [5.74, 6) is -1.10. The Morgan fingerprint density at radius 2 is 2.00 bits per heavy atom. The number of hydrogen-bond donors (Lipinski definition) is 1. The number of carbonyl (C=O) groups is 1. The van der Waals surface area contributed by atoms with E-state index in [2.05, 4.69) is 4.98 Å². The van der Waals surface area contributed by atoms with E-state index in [1.807, 2.05) is 0 Å². The molecule has 0 amide bonds. The number of halogens is 3. The van der Waals surface area contributed by atoms with Gasteiger partial charge >= 0.3 is 12.1 Å². The van der Waals surface area contributed by atoms with Crippen molar-refractivity contribution < 1.29 is 23.1 Å². The van der Waals surface area contributed by atoms with Crippen LogP contribution in [-0.4, -0.2) is 22.1 Å². The number of benzene rings is 1. The molecule has 2 heterocycles. The molecule has 2 aromatic rings. The van der Waals surface area contributed by atoms with Gasteiger partial charge in [-0.3, -0.25) is 0 Å². The first-order chi connectivity index (χ1) is 10.8. The molecular formula is C16H13F3N2O2. The van der Waals surface area contributed by atoms with Gasteiger partial charge in [0.2, 0.25) is 0 Å². The van der Waals surface area contributed by atoms with Crippen molar-refractivity contribution in [2.45, 2.75) is 25.6 Å². The van der Waals surface area contributed by atoms with Crippen LogP contribution in [0, 0.1) is 6.92 Å². The molecule has 4 nitrogen and oxygen atoms in total. The van der Waals surface area contributed by atoms with Gasteiger partial charge in [0.15, 0.2) is 0 Å². The third kappa shape index (κ3) is 2.74. The Balaban J connectivity index is 2.15. The van der Waals surface area contributed by atoms with Crippen molar-refractivity contribution in [1.82, 2.24) is 4.98 Å². The quantitative estimate of drug-likeness (QED) is 0.918. The summed E-state index contributed by atoms with van der Waals surface area (Å²) in [5, 5.41) is 9.42. The molecule has 0 bridgehead atoms. The van der Waals surface area contributed by atoms with Crippen LogP contribution in [0.3, 0.4) is 0 Å². The predicted molar refractivity (Wildman–Crippen MR) is 77.7 cm³/mol. The Kier molecular flexibility index (Phi) is 3.50. The van der Waals surface area contributed by atoms with Crippen molar-refractivity contribution in [3.63, 3.8) is 0 Å². The number of fused-ring (bicyclic) bond motifs is 1. The van der Waals surface area contributed by atoms with Crippen molar-refractivity contribution in [2.75, 3.05) is 4.90 Å². The first kappa shape index (κ1) is 15.3. The van der Waals surface area contributed by atoms with Gasteiger partial charge in [0.1, 0.15) is 11.9 Å². The number of hydrogen-bond acceptors (Lipinski definition) is 3. The largest absolute Gasteiger partial charge is 0.480 e. The summed E-state index contributed by atoms with van der Waals surface area (Å²) in [6.07, 6.45) is -4.29. The van der Waals surface area contributed by atoms with Gasteiger partial charge in [-0.2, -0.15) is 13.2 Å². The van der Waals surface area contributed by atoms with Gasteiger partial charge in [-0.1, -0.05) is 18.2 Å². The molecule has 0 saturated heterocycles. The molecule has 1 aromatic heterocycles. The lowest BCUT2D eigenvalue weighted by Gasteiger charge is -2.25. The van der Waals surface area contributed by atoms with Gasteiger partial charge in [-0.25, -0.2) is 9.78 Å². The summed E-state index contributed by atoms with van der Waals surface area (Å²) in [7, 11) is 0. The molecule has 23 heavy (non-hydrogen) atoms. The predicted octanol–water partition coefficient (Wildman–Crippen LogP) is 3.56. The zero-order chi connectivity index (χ0) is 16.8. The molecule has 1 aliphatic heterocycles. The van der Waals surface area contributed by atoms with Gasteiger partial charge in [0.25, 0.3) is 0 Å². The van der Waals surface area contributed by atoms with Crippen molar-refractivity contribution in [1.29, 1.82) is 0 Å². The maximum Gasteiger partial charge on any atom is 0.416 e. The Labute approximate surface area is 130 Å². The highest BCUT2D eigenvalue weighted by atomic mass is 19.4. The Morgan fingerprint density at radius 1 is 1.30 bits per heavy atom. The molecule has 1 atom stereocenters. The minimum absolute atomic E-state index is 0.00493. The number of aliphatic carboxylic acids is 1. The first-order valence-electron chi connectivity index (χ1n) is 6.93. The van der Waals surface area contributed by atoms with E-state index >= 15 is 0 Å². The summed E-state index contributed by atoms with van der Waals surface area (Å²) >= 11 is 0. The van der Waals surface area contributed by atoms with Crippen LogP contribution in [0.1, 0.15) is 16.8 Å². The Bertz CT molecular complexity index is 774. The average molecular weight is 322 g/mol. The Morgan fingerprint density at radius 3 is 2.65 bits per heavy atom. The van der Waals surface area contributed by atoms with E-state index < -0.39 is 23.8 Å². The molecule has 0 saturated carbocycles. The van der Waals surface area contributed by atoms with E-state index in [0.29, 0.717) is 5.69 Å². The fourth-order valence-electron chi connectivity index (χ4n) is 2.80. The number of carboxylic acid groups (broad SMARTS) is 1. The van der Waals surface area contributed by atoms with Crippen LogP contribution in [0.5, 0.6) is 0 Å². The molecule has 1 N–H and O–H groups in total. The number of aromatic nitrogens is 1. The first-order valence-corrected chi connectivity index (χ1v) is 6.93. The van der Waals surface area contributed by atoms with Crippen molar-refractivity contribution in [2.24, 2.45) is 0 Å². The molecule has 1 aromatic carbocycles. The molecule has 0 radical (unpaired) electrons. The van der Waals surface area contributed by atoms with Crippen LogP contribution in [-0.2, 0) is 17.4 Å². The Hall–Kier alpha value is -2.57. The van der Waals surface area contributed by atoms with Gasteiger partial charge in [0, 0.05) is 17.8 Å². The van der Waals surface area contributed by atoms with E-state index in [1.165, 1.54) is 11.8 Å². The second-order valence-corrected chi connectivity index (χ2v) is 5.41. The second kappa shape index (κ2) is 5.26. The third-order valence-electron chi connectivity index (χ3n) is 3.78. The van der Waals surface area contributed by atoms with Crippen molar-refractivity contribution in [3.8, 4) is 0 Å². The van der Waals surface area contributed by atoms with E-state index in [4.69, 9.17) is 0 Å². The number of rotatable bonds is 2. The minimum atomic E-state index is -4.51. The molecule has 7 heteroatoms. The van der Waals surface area contributed by atoms with Gasteiger partial charge in [0.05, 0.1) is 5.56 Å². The lowest BCUT2D eigenvalue weighted by atomic mass is 10.1. The van der Waals surface area contributed by atoms with Crippen LogP contribution >= 0.6 is 0 Å². The number of anilines is 2. The summed E-state index contributed by atoms with van der Waals surface area (Å²) in [4.78, 5) is 17.0. The molecule has 0 fully saturated rings. The SMILES string of the molecule is Cc1cc(C(F)(F)F)cc(N2c3ccccc3C[C@H]2C(=O)O)n1. The number of para-hydroxylation sites is 1. The summed E-state index contributed by atoms with van der Waals surface area (Å²) in [5.41, 5.74) is 0.694. The lowest BCUT2D eigenvalue weighted by Crippen LogP contribution is -2.35. The fourth-order valence-corrected chi connectivity index (χ4v) is 2.80. The maximum atomic E-state index is 13.0. The molecule has 3 rings (SSSR count). The number of aryl methyl sites for hydroxylation is 1. The van der Waals surface area contributed by atoms with Gasteiger partial charge in [-0.15, -0.1) is 0 Å². The van der Waals surface area contributed by atoms with Gasteiger partial charge < -0.3 is 10.0 Å². The standard InChI is InChI=1S/C16H13F3N2O2/c1-9-6-11(16(17,18)19)8-14(20-9)21-12-5-3-2-4-10(12)7-13(21)15(22)23/h2-6,8,13H,7H2,1H3,(H,22,23)/t13-/m0/s1. The topological polar surface area (TPSA) is 53.4 Å². The van der Waals surface area contributed by atoms with E-state index in [0.717, 1.165) is 17.7 Å². The van der Waals surface area contributed by atoms with Gasteiger partial charge in [-0.05, 0) is 30.7 Å². The maximum absolute atomic E-state index is 13.0. The number of pyridine rings is 1. The molecule has 0 spiro atoms. The van der Waals surface area contributed by atoms with Crippen molar-refractivity contribution >= 4 is 17.5 Å². The average Bonchev–Trinajstić information content (AvgIpc) is 2.85. The summed E-state index contributed by atoms with van der Waals surface area (Å²) in [6, 6.07) is 7.82. The van der Waals surface area contributed by atoms with Crippen LogP contribution < -0.4 is 4.90 Å². The number of nitrogens with zero attached hydrogens (tertiary/aromatic N) is 2. The molecule has 1 aliphatic rings. The zero-order valence-electron chi connectivity index (χ0n) is 12.1. The molecule has 0 unspecified atom stereocenters. The second-order valence-electron chi connectivity index (χ2n) is 5.41. The summed E-state index contributed by atoms with van der Waals surface area (Å²) in [6.45, 7) is 1.45. The van der Waals surface area contributed by atoms with E-state index in [1.54, 1.807) is 24.3 Å². The summed E-state index contributed by atoms with van der Waals surface area (Å²) < 4.78 is 39.1. The smallest absolute Gasteiger partial charge is 0.416 e. The van der Waals surface area contributed by atoms with Crippen molar-refractivity contribution in [3.05, 3.63) is 53.2 Å². The zero-order valence-corrected chi connectivity index (χ0v) is 12.1. The minimum Gasteiger partial charge on any atom is -0.480 e. The number of carboxylic acids is 1. The van der Waals surface area contributed by atoms with Crippen LogP contribution in [0.15, 0.2) is 36.4 Å². The lowest BCUT2D eigenvalue weighted by molar-refractivity contribution is -0.138. The third-order valence-corrected chi connectivity index (χ3v) is 3.78. The van der Waals surface area contributed by atoms with Crippen LogP contribution in [0.25, 0.3) is 0 Å². The number of alkyl halides is 3. The molecule has 0 aliphatic carbocycles.